The molecule has 0 saturated carbocycles. The van der Waals surface area contributed by atoms with Crippen LogP contribution >= 0.6 is 11.8 Å². The first-order chi connectivity index (χ1) is 9.53. The van der Waals surface area contributed by atoms with Crippen molar-refractivity contribution in [3.63, 3.8) is 0 Å². The zero-order valence-corrected chi connectivity index (χ0v) is 14.3. The Morgan fingerprint density at radius 2 is 1.95 bits per heavy atom. The average molecular weight is 321 g/mol. The predicted octanol–water partition coefficient (Wildman–Crippen LogP) is 2.06. The number of rotatable bonds is 5. The standard InChI is InChI=1S/C14H28N2O2S2/c1-3-11-20(17,18)16-8-6-13(7-9-16)15-14-5-4-10-19-12(14)2/h12-15H,3-11H2,1-2H3. The van der Waals surface area contributed by atoms with E-state index in [0.717, 1.165) is 12.8 Å². The number of nitrogens with one attached hydrogen (secondary N) is 1. The minimum atomic E-state index is -3.00. The van der Waals surface area contributed by atoms with Crippen molar-refractivity contribution >= 4 is 21.8 Å². The first kappa shape index (κ1) is 16.6. The quantitative estimate of drug-likeness (QED) is 0.842. The molecule has 1 N–H and O–H groups in total. The van der Waals surface area contributed by atoms with E-state index in [4.69, 9.17) is 0 Å². The van der Waals surface area contributed by atoms with Gasteiger partial charge in [0.1, 0.15) is 0 Å². The van der Waals surface area contributed by atoms with Crippen LogP contribution in [-0.4, -0.2) is 54.7 Å². The summed E-state index contributed by atoms with van der Waals surface area (Å²) in [7, 11) is -3.00. The molecule has 0 bridgehead atoms. The monoisotopic (exact) mass is 320 g/mol. The third-order valence-electron chi connectivity index (χ3n) is 4.37. The third kappa shape index (κ3) is 4.36. The highest BCUT2D eigenvalue weighted by Gasteiger charge is 2.30. The number of nitrogens with zero attached hydrogens (tertiary/aromatic N) is 1. The molecule has 6 heteroatoms. The van der Waals surface area contributed by atoms with E-state index >= 15 is 0 Å². The lowest BCUT2D eigenvalue weighted by Gasteiger charge is -2.37. The van der Waals surface area contributed by atoms with Gasteiger partial charge in [0.05, 0.1) is 5.75 Å². The molecule has 0 aromatic rings. The number of hydrogen-bond donors (Lipinski definition) is 1. The maximum Gasteiger partial charge on any atom is 0.214 e. The molecule has 0 spiro atoms. The second kappa shape index (κ2) is 7.47. The number of sulfonamides is 1. The van der Waals surface area contributed by atoms with E-state index in [2.05, 4.69) is 24.0 Å². The molecule has 0 aromatic heterocycles. The molecular weight excluding hydrogens is 292 g/mol. The number of hydrogen-bond acceptors (Lipinski definition) is 4. The second-order valence-corrected chi connectivity index (χ2v) is 9.55. The van der Waals surface area contributed by atoms with E-state index in [9.17, 15) is 8.42 Å². The molecule has 4 nitrogen and oxygen atoms in total. The third-order valence-corrected chi connectivity index (χ3v) is 7.82. The minimum absolute atomic E-state index is 0.293. The van der Waals surface area contributed by atoms with Crippen molar-refractivity contribution < 1.29 is 8.42 Å². The summed E-state index contributed by atoms with van der Waals surface area (Å²) in [5.74, 6) is 1.58. The first-order valence-electron chi connectivity index (χ1n) is 7.88. The first-order valence-corrected chi connectivity index (χ1v) is 10.5. The number of thioether (sulfide) groups is 1. The van der Waals surface area contributed by atoms with Gasteiger partial charge < -0.3 is 5.32 Å². The van der Waals surface area contributed by atoms with E-state index in [0.29, 0.717) is 42.6 Å². The molecule has 2 aliphatic heterocycles. The van der Waals surface area contributed by atoms with Crippen LogP contribution in [0.25, 0.3) is 0 Å². The fourth-order valence-electron chi connectivity index (χ4n) is 3.13. The van der Waals surface area contributed by atoms with Gasteiger partial charge in [-0.15, -0.1) is 0 Å². The van der Waals surface area contributed by atoms with E-state index in [1.165, 1.54) is 18.6 Å². The lowest BCUT2D eigenvalue weighted by Crippen LogP contribution is -2.50. The van der Waals surface area contributed by atoms with Gasteiger partial charge >= 0.3 is 0 Å². The van der Waals surface area contributed by atoms with Crippen LogP contribution in [0, 0.1) is 0 Å². The Hall–Kier alpha value is 0.220. The molecule has 0 radical (unpaired) electrons. The predicted molar refractivity (Wildman–Crippen MR) is 86.8 cm³/mol. The van der Waals surface area contributed by atoms with Crippen molar-refractivity contribution in [2.24, 2.45) is 0 Å². The lowest BCUT2D eigenvalue weighted by molar-refractivity contribution is 0.266. The molecule has 2 aliphatic rings. The summed E-state index contributed by atoms with van der Waals surface area (Å²) in [6.07, 6.45) is 5.18. The molecule has 0 amide bonds. The summed E-state index contributed by atoms with van der Waals surface area (Å²) in [5, 5.41) is 4.45. The van der Waals surface area contributed by atoms with Crippen molar-refractivity contribution in [3.8, 4) is 0 Å². The van der Waals surface area contributed by atoms with Crippen molar-refractivity contribution in [1.29, 1.82) is 0 Å². The maximum atomic E-state index is 12.0. The van der Waals surface area contributed by atoms with Crippen molar-refractivity contribution in [3.05, 3.63) is 0 Å². The summed E-state index contributed by atoms with van der Waals surface area (Å²) >= 11 is 2.06. The average Bonchev–Trinajstić information content (AvgIpc) is 2.42. The molecule has 2 atom stereocenters. The Kier molecular flexibility index (Phi) is 6.20. The summed E-state index contributed by atoms with van der Waals surface area (Å²) in [6.45, 7) is 5.61. The molecule has 0 aliphatic carbocycles. The summed E-state index contributed by atoms with van der Waals surface area (Å²) in [6, 6.07) is 1.10. The summed E-state index contributed by atoms with van der Waals surface area (Å²) in [5.41, 5.74) is 0. The van der Waals surface area contributed by atoms with Crippen molar-refractivity contribution in [1.82, 2.24) is 9.62 Å². The molecule has 20 heavy (non-hydrogen) atoms. The van der Waals surface area contributed by atoms with Gasteiger partial charge in [0, 0.05) is 30.4 Å². The van der Waals surface area contributed by atoms with Crippen molar-refractivity contribution in [2.75, 3.05) is 24.6 Å². The zero-order valence-electron chi connectivity index (χ0n) is 12.7. The molecule has 2 fully saturated rings. The fraction of sp³-hybridized carbons (Fsp3) is 1.00. The van der Waals surface area contributed by atoms with Gasteiger partial charge in [-0.3, -0.25) is 0 Å². The van der Waals surface area contributed by atoms with Gasteiger partial charge in [-0.1, -0.05) is 13.8 Å². The van der Waals surface area contributed by atoms with Crippen LogP contribution < -0.4 is 5.32 Å². The van der Waals surface area contributed by atoms with E-state index in [1.807, 2.05) is 6.92 Å². The highest BCUT2D eigenvalue weighted by atomic mass is 32.2. The van der Waals surface area contributed by atoms with Crippen LogP contribution in [0.15, 0.2) is 0 Å². The Balaban J connectivity index is 1.79. The van der Waals surface area contributed by atoms with E-state index in [1.54, 1.807) is 4.31 Å². The summed E-state index contributed by atoms with van der Waals surface area (Å²) < 4.78 is 25.8. The Bertz CT molecular complexity index is 392. The Morgan fingerprint density at radius 3 is 2.55 bits per heavy atom. The van der Waals surface area contributed by atoms with Gasteiger partial charge in [0.15, 0.2) is 0 Å². The van der Waals surface area contributed by atoms with Crippen LogP contribution in [0.3, 0.4) is 0 Å². The van der Waals surface area contributed by atoms with Crippen LogP contribution in [0.5, 0.6) is 0 Å². The highest BCUT2D eigenvalue weighted by molar-refractivity contribution is 7.99. The molecule has 2 unspecified atom stereocenters. The smallest absolute Gasteiger partial charge is 0.214 e. The molecule has 2 rings (SSSR count). The summed E-state index contributed by atoms with van der Waals surface area (Å²) in [4.78, 5) is 0. The van der Waals surface area contributed by atoms with Crippen LogP contribution in [-0.2, 0) is 10.0 Å². The second-order valence-electron chi connectivity index (χ2n) is 5.98. The molecular formula is C14H28N2O2S2. The van der Waals surface area contributed by atoms with Gasteiger partial charge in [-0.2, -0.15) is 11.8 Å². The zero-order chi connectivity index (χ0) is 14.6. The van der Waals surface area contributed by atoms with E-state index in [-0.39, 0.29) is 0 Å². The maximum absolute atomic E-state index is 12.0. The fourth-order valence-corrected chi connectivity index (χ4v) is 5.83. The Labute approximate surface area is 128 Å². The van der Waals surface area contributed by atoms with Crippen molar-refractivity contribution in [2.45, 2.75) is 63.3 Å². The number of piperidine rings is 1. The molecule has 2 saturated heterocycles. The van der Waals surface area contributed by atoms with Crippen LogP contribution in [0.2, 0.25) is 0 Å². The molecule has 0 aromatic carbocycles. The molecule has 118 valence electrons. The van der Waals surface area contributed by atoms with Crippen LogP contribution in [0.4, 0.5) is 0 Å². The van der Waals surface area contributed by atoms with Crippen LogP contribution in [0.1, 0.15) is 46.0 Å². The SMILES string of the molecule is CCCS(=O)(=O)N1CCC(NC2CCCSC2C)CC1. The van der Waals surface area contributed by atoms with Gasteiger partial charge in [-0.05, 0) is 37.9 Å². The topological polar surface area (TPSA) is 49.4 Å². The normalized spacial score (nSPS) is 30.5. The largest absolute Gasteiger partial charge is 0.310 e. The van der Waals surface area contributed by atoms with Gasteiger partial charge in [0.25, 0.3) is 0 Å². The Morgan fingerprint density at radius 1 is 1.25 bits per heavy atom. The van der Waals surface area contributed by atoms with E-state index < -0.39 is 10.0 Å². The highest BCUT2D eigenvalue weighted by Crippen LogP contribution is 2.26. The minimum Gasteiger partial charge on any atom is -0.310 e. The van der Waals surface area contributed by atoms with Gasteiger partial charge in [-0.25, -0.2) is 12.7 Å². The lowest BCUT2D eigenvalue weighted by atomic mass is 10.0. The molecule has 2 heterocycles. The van der Waals surface area contributed by atoms with Gasteiger partial charge in [0.2, 0.25) is 10.0 Å².